The molecule has 6 heteroatoms. The third-order valence-electron chi connectivity index (χ3n) is 8.61. The second-order valence-electron chi connectivity index (χ2n) is 11.2. The zero-order valence-corrected chi connectivity index (χ0v) is 24.3. The molecule has 3 aromatic carbocycles. The van der Waals surface area contributed by atoms with Gasteiger partial charge in [0.15, 0.2) is 5.11 Å². The predicted molar refractivity (Wildman–Crippen MR) is 170 cm³/mol. The van der Waals surface area contributed by atoms with Gasteiger partial charge in [-0.3, -0.25) is 4.98 Å². The third-order valence-corrected chi connectivity index (χ3v) is 8.93. The number of nitrogens with one attached hydrogen (secondary N) is 1. The summed E-state index contributed by atoms with van der Waals surface area (Å²) in [5.41, 5.74) is 6.81. The Balaban J connectivity index is 1.32. The third kappa shape index (κ3) is 4.66. The van der Waals surface area contributed by atoms with Crippen LogP contribution in [0.2, 0.25) is 0 Å². The number of fused-ring (bicyclic) bond motifs is 1. The Morgan fingerprint density at radius 2 is 1.63 bits per heavy atom. The van der Waals surface area contributed by atoms with Crippen LogP contribution in [-0.4, -0.2) is 20.8 Å². The Morgan fingerprint density at radius 1 is 0.878 bits per heavy atom. The molecule has 0 bridgehead atoms. The first kappa shape index (κ1) is 25.8. The van der Waals surface area contributed by atoms with E-state index < -0.39 is 0 Å². The lowest BCUT2D eigenvalue weighted by Crippen LogP contribution is -2.29. The lowest BCUT2D eigenvalue weighted by molar-refractivity contribution is 0.210. The van der Waals surface area contributed by atoms with Gasteiger partial charge in [-0.2, -0.15) is 0 Å². The number of ether oxygens (including phenoxy) is 1. The van der Waals surface area contributed by atoms with Crippen molar-refractivity contribution in [2.75, 3.05) is 4.90 Å². The summed E-state index contributed by atoms with van der Waals surface area (Å²) in [6.45, 7) is 4.41. The quantitative estimate of drug-likeness (QED) is 0.213. The Labute approximate surface area is 246 Å². The number of rotatable bonds is 6. The number of aryl methyl sites for hydroxylation is 1. The first-order valence-corrected chi connectivity index (χ1v) is 14.9. The molecule has 1 saturated heterocycles. The van der Waals surface area contributed by atoms with E-state index in [9.17, 15) is 0 Å². The number of thiocarbonyl (C=S) groups is 1. The average Bonchev–Trinajstić information content (AvgIpc) is 3.71. The van der Waals surface area contributed by atoms with Gasteiger partial charge >= 0.3 is 0 Å². The summed E-state index contributed by atoms with van der Waals surface area (Å²) in [5.74, 6) is 0.922. The molecule has 2 aliphatic rings. The van der Waals surface area contributed by atoms with Gasteiger partial charge in [0.2, 0.25) is 0 Å². The van der Waals surface area contributed by atoms with Crippen molar-refractivity contribution in [1.82, 2.24) is 14.9 Å². The summed E-state index contributed by atoms with van der Waals surface area (Å²) in [5, 5.41) is 6.79. The molecule has 0 spiro atoms. The first-order chi connectivity index (χ1) is 20.1. The van der Waals surface area contributed by atoms with Crippen LogP contribution < -0.4 is 15.0 Å². The molecule has 1 saturated carbocycles. The van der Waals surface area contributed by atoms with E-state index in [0.29, 0.717) is 11.2 Å². The normalized spacial score (nSPS) is 19.2. The summed E-state index contributed by atoms with van der Waals surface area (Å²) in [4.78, 5) is 7.01. The number of aromatic nitrogens is 2. The van der Waals surface area contributed by atoms with E-state index in [1.165, 1.54) is 46.3 Å². The number of benzene rings is 3. The Hall–Kier alpha value is -4.16. The van der Waals surface area contributed by atoms with Gasteiger partial charge in [0.05, 0.1) is 29.6 Å². The van der Waals surface area contributed by atoms with Crippen LogP contribution in [0.1, 0.15) is 60.4 Å². The van der Waals surface area contributed by atoms with Gasteiger partial charge in [0.1, 0.15) is 5.75 Å². The Kier molecular flexibility index (Phi) is 6.71. The molecule has 1 aliphatic carbocycles. The predicted octanol–water partition coefficient (Wildman–Crippen LogP) is 8.14. The van der Waals surface area contributed by atoms with Gasteiger partial charge in [0.25, 0.3) is 0 Å². The minimum Gasteiger partial charge on any atom is -0.490 e. The topological polar surface area (TPSA) is 42.3 Å². The van der Waals surface area contributed by atoms with Gasteiger partial charge in [-0.05, 0) is 111 Å². The molecule has 3 heterocycles. The summed E-state index contributed by atoms with van der Waals surface area (Å²) in [6.07, 6.45) is 6.98. The van der Waals surface area contributed by atoms with Gasteiger partial charge < -0.3 is 19.5 Å². The van der Waals surface area contributed by atoms with Crippen molar-refractivity contribution in [3.8, 4) is 11.4 Å². The average molecular weight is 559 g/mol. The lowest BCUT2D eigenvalue weighted by atomic mass is 9.96. The molecule has 2 aromatic heterocycles. The summed E-state index contributed by atoms with van der Waals surface area (Å²) >= 11 is 6.01. The van der Waals surface area contributed by atoms with E-state index in [2.05, 4.69) is 107 Å². The molecule has 1 N–H and O–H groups in total. The van der Waals surface area contributed by atoms with E-state index in [1.54, 1.807) is 0 Å². The fourth-order valence-corrected chi connectivity index (χ4v) is 7.04. The van der Waals surface area contributed by atoms with Crippen LogP contribution in [0.15, 0.2) is 97.2 Å². The zero-order valence-electron chi connectivity index (χ0n) is 23.5. The van der Waals surface area contributed by atoms with Crippen molar-refractivity contribution in [2.45, 2.75) is 57.7 Å². The highest BCUT2D eigenvalue weighted by Crippen LogP contribution is 2.44. The molecule has 7 rings (SSSR count). The van der Waals surface area contributed by atoms with Crippen molar-refractivity contribution in [3.63, 3.8) is 0 Å². The number of hydrogen-bond acceptors (Lipinski definition) is 3. The highest BCUT2D eigenvalue weighted by molar-refractivity contribution is 7.80. The molecule has 0 amide bonds. The molecule has 5 aromatic rings. The molecule has 2 unspecified atom stereocenters. The number of hydrogen-bond donors (Lipinski definition) is 1. The fourth-order valence-electron chi connectivity index (χ4n) is 6.69. The van der Waals surface area contributed by atoms with E-state index in [-0.39, 0.29) is 12.1 Å². The number of nitrogens with zero attached hydrogens (tertiary/aromatic N) is 3. The van der Waals surface area contributed by atoms with Crippen molar-refractivity contribution in [3.05, 3.63) is 120 Å². The van der Waals surface area contributed by atoms with Crippen molar-refractivity contribution < 1.29 is 4.74 Å². The SMILES string of the molecule is Cc1cc(C2C(c3ccccn3)NC(=S)N2c2ccc(OC3CCCC3)cc2)c(C)n1-c1cccc2ccccc12. The Bertz CT molecular complexity index is 1700. The molecular weight excluding hydrogens is 524 g/mol. The first-order valence-electron chi connectivity index (χ1n) is 14.5. The summed E-state index contributed by atoms with van der Waals surface area (Å²) in [7, 11) is 0. The number of anilines is 1. The van der Waals surface area contributed by atoms with Crippen LogP contribution in [-0.2, 0) is 0 Å². The van der Waals surface area contributed by atoms with Gasteiger partial charge in [0, 0.05) is 28.7 Å². The fraction of sp³-hybridized carbons (Fsp3) is 0.257. The van der Waals surface area contributed by atoms with Gasteiger partial charge in [-0.25, -0.2) is 0 Å². The van der Waals surface area contributed by atoms with Crippen molar-refractivity contribution in [2.24, 2.45) is 0 Å². The van der Waals surface area contributed by atoms with Crippen LogP contribution in [0.5, 0.6) is 5.75 Å². The maximum atomic E-state index is 6.26. The van der Waals surface area contributed by atoms with E-state index in [0.717, 1.165) is 30.0 Å². The second kappa shape index (κ2) is 10.7. The molecule has 2 atom stereocenters. The molecular formula is C35H34N4OS. The van der Waals surface area contributed by atoms with Gasteiger partial charge in [-0.15, -0.1) is 0 Å². The maximum absolute atomic E-state index is 6.26. The molecule has 41 heavy (non-hydrogen) atoms. The van der Waals surface area contributed by atoms with Crippen molar-refractivity contribution >= 4 is 33.8 Å². The van der Waals surface area contributed by atoms with Crippen LogP contribution in [0.4, 0.5) is 5.69 Å². The molecule has 206 valence electrons. The van der Waals surface area contributed by atoms with Crippen LogP contribution in [0.25, 0.3) is 16.5 Å². The molecule has 1 aliphatic heterocycles. The van der Waals surface area contributed by atoms with E-state index >= 15 is 0 Å². The highest BCUT2D eigenvalue weighted by atomic mass is 32.1. The van der Waals surface area contributed by atoms with Crippen LogP contribution in [0, 0.1) is 13.8 Å². The Morgan fingerprint density at radius 3 is 2.41 bits per heavy atom. The van der Waals surface area contributed by atoms with Crippen LogP contribution >= 0.6 is 12.2 Å². The van der Waals surface area contributed by atoms with E-state index in [1.807, 2.05) is 18.3 Å². The van der Waals surface area contributed by atoms with Crippen molar-refractivity contribution in [1.29, 1.82) is 0 Å². The minimum atomic E-state index is -0.0976. The molecule has 0 radical (unpaired) electrons. The van der Waals surface area contributed by atoms with Crippen LogP contribution in [0.3, 0.4) is 0 Å². The largest absolute Gasteiger partial charge is 0.490 e. The molecule has 5 nitrogen and oxygen atoms in total. The zero-order chi connectivity index (χ0) is 27.9. The number of pyridine rings is 1. The lowest BCUT2D eigenvalue weighted by Gasteiger charge is -2.28. The minimum absolute atomic E-state index is 0.0751. The van der Waals surface area contributed by atoms with Gasteiger partial charge in [-0.1, -0.05) is 42.5 Å². The maximum Gasteiger partial charge on any atom is 0.174 e. The monoisotopic (exact) mass is 558 g/mol. The smallest absolute Gasteiger partial charge is 0.174 e. The summed E-state index contributed by atoms with van der Waals surface area (Å²) < 4.78 is 8.64. The highest BCUT2D eigenvalue weighted by Gasteiger charge is 2.42. The summed E-state index contributed by atoms with van der Waals surface area (Å²) in [6, 6.07) is 31.8. The van der Waals surface area contributed by atoms with E-state index in [4.69, 9.17) is 21.9 Å². The standard InChI is InChI=1S/C35H34N4OS/c1-23-22-30(24(2)38(23)32-16-9-11-25-10-3-6-14-29(25)32)34-33(31-15-7-8-21-36-31)37-35(41)39(34)26-17-19-28(20-18-26)40-27-12-4-5-13-27/h3,6-11,14-22,27,33-34H,4-5,12-13H2,1-2H3,(H,37,41). The molecule has 2 fully saturated rings. The second-order valence-corrected chi connectivity index (χ2v) is 11.6.